The summed E-state index contributed by atoms with van der Waals surface area (Å²) < 4.78 is 41.1. The average molecular weight is 431 g/mol. The summed E-state index contributed by atoms with van der Waals surface area (Å²) in [6.45, 7) is 3.95. The molecule has 2 N–H and O–H groups in total. The van der Waals surface area contributed by atoms with Crippen LogP contribution in [0.5, 0.6) is 0 Å². The summed E-state index contributed by atoms with van der Waals surface area (Å²) >= 11 is 0. The summed E-state index contributed by atoms with van der Waals surface area (Å²) in [4.78, 5) is 23.0. The Hall–Kier alpha value is -2.84. The summed E-state index contributed by atoms with van der Waals surface area (Å²) in [6, 6.07) is 7.55. The molecule has 0 aliphatic heterocycles. The lowest BCUT2D eigenvalue weighted by molar-refractivity contribution is -0.140. The van der Waals surface area contributed by atoms with Crippen LogP contribution >= 0.6 is 0 Å². The number of hydrogen-bond acceptors (Lipinski definition) is 4. The zero-order chi connectivity index (χ0) is 22.1. The number of carboxylic acids is 1. The fourth-order valence-electron chi connectivity index (χ4n) is 3.58. The van der Waals surface area contributed by atoms with Gasteiger partial charge in [-0.25, -0.2) is 12.8 Å². The highest BCUT2D eigenvalue weighted by atomic mass is 32.2. The molecule has 6 nitrogen and oxygen atoms in total. The first-order valence-electron chi connectivity index (χ1n) is 9.43. The van der Waals surface area contributed by atoms with Crippen molar-refractivity contribution in [2.24, 2.45) is 0 Å². The molecule has 0 heterocycles. The van der Waals surface area contributed by atoms with Crippen molar-refractivity contribution in [2.45, 2.75) is 43.5 Å². The van der Waals surface area contributed by atoms with Crippen molar-refractivity contribution in [3.8, 4) is 0 Å². The molecule has 1 aliphatic carbocycles. The van der Waals surface area contributed by atoms with Crippen LogP contribution < -0.4 is 4.72 Å². The van der Waals surface area contributed by atoms with Crippen LogP contribution in [0.4, 0.5) is 4.39 Å². The van der Waals surface area contributed by atoms with Gasteiger partial charge in [0.1, 0.15) is 18.0 Å². The first-order chi connectivity index (χ1) is 14.1. The van der Waals surface area contributed by atoms with Crippen molar-refractivity contribution in [2.75, 3.05) is 0 Å². The van der Waals surface area contributed by atoms with E-state index in [9.17, 15) is 22.4 Å². The molecule has 1 unspecified atom stereocenters. The second-order valence-corrected chi connectivity index (χ2v) is 9.20. The number of halogens is 1. The van der Waals surface area contributed by atoms with Crippen molar-refractivity contribution in [1.82, 2.24) is 4.72 Å². The third-order valence-electron chi connectivity index (χ3n) is 4.97. The highest BCUT2D eigenvalue weighted by Gasteiger charge is 2.27. The number of carboxylic acid groups (broad SMARTS) is 1. The molecule has 0 aromatic heterocycles. The van der Waals surface area contributed by atoms with Crippen LogP contribution in [0.3, 0.4) is 0 Å². The lowest BCUT2D eigenvalue weighted by Crippen LogP contribution is -2.27. The van der Waals surface area contributed by atoms with E-state index in [-0.39, 0.29) is 17.2 Å². The van der Waals surface area contributed by atoms with Gasteiger partial charge < -0.3 is 5.11 Å². The Kier molecular flexibility index (Phi) is 6.19. The van der Waals surface area contributed by atoms with Gasteiger partial charge in [-0.15, -0.1) is 0 Å². The molecular formula is C22H22FNO5S. The Labute approximate surface area is 174 Å². The van der Waals surface area contributed by atoms with E-state index in [1.54, 1.807) is 12.2 Å². The van der Waals surface area contributed by atoms with E-state index in [0.29, 0.717) is 11.1 Å². The number of sulfonamides is 1. The molecule has 3 rings (SSSR count). The van der Waals surface area contributed by atoms with Gasteiger partial charge in [0, 0.05) is 6.42 Å². The Bertz CT molecular complexity index is 1120. The van der Waals surface area contributed by atoms with Crippen molar-refractivity contribution in [1.29, 1.82) is 0 Å². The number of rotatable bonds is 8. The maximum atomic E-state index is 13.1. The zero-order valence-electron chi connectivity index (χ0n) is 16.6. The van der Waals surface area contributed by atoms with Gasteiger partial charge in [-0.2, -0.15) is 4.72 Å². The lowest BCUT2D eigenvalue weighted by atomic mass is 9.88. The Balaban J connectivity index is 1.94. The van der Waals surface area contributed by atoms with Crippen LogP contribution in [-0.2, 0) is 26.0 Å². The molecule has 8 heteroatoms. The summed E-state index contributed by atoms with van der Waals surface area (Å²) in [5, 5.41) is 8.89. The number of hydrogen-bond donors (Lipinski definition) is 2. The summed E-state index contributed by atoms with van der Waals surface area (Å²) in [6.07, 6.45) is 2.83. The van der Waals surface area contributed by atoms with Crippen molar-refractivity contribution >= 4 is 27.9 Å². The van der Waals surface area contributed by atoms with Crippen molar-refractivity contribution in [3.63, 3.8) is 0 Å². The van der Waals surface area contributed by atoms with Crippen LogP contribution in [0.2, 0.25) is 0 Å². The van der Waals surface area contributed by atoms with E-state index >= 15 is 0 Å². The molecule has 0 saturated carbocycles. The zero-order valence-corrected chi connectivity index (χ0v) is 17.4. The van der Waals surface area contributed by atoms with Gasteiger partial charge in [-0.1, -0.05) is 38.1 Å². The molecule has 0 bridgehead atoms. The van der Waals surface area contributed by atoms with Gasteiger partial charge in [0.15, 0.2) is 0 Å². The number of carbonyl (C=O) groups is 2. The topological polar surface area (TPSA) is 101 Å². The first kappa shape index (κ1) is 21.9. The molecular weight excluding hydrogens is 409 g/mol. The lowest BCUT2D eigenvalue weighted by Gasteiger charge is -2.19. The minimum atomic E-state index is -3.89. The van der Waals surface area contributed by atoms with Crippen LogP contribution in [0.1, 0.15) is 54.5 Å². The van der Waals surface area contributed by atoms with E-state index in [4.69, 9.17) is 5.11 Å². The number of fused-ring (bicyclic) bond motifs is 1. The second-order valence-electron chi connectivity index (χ2n) is 7.49. The fraction of sp³-hybridized carbons (Fsp3) is 0.273. The van der Waals surface area contributed by atoms with E-state index in [1.807, 2.05) is 26.0 Å². The number of ketones is 1. The van der Waals surface area contributed by atoms with Crippen LogP contribution in [0.15, 0.2) is 47.4 Å². The largest absolute Gasteiger partial charge is 0.481 e. The quantitative estimate of drug-likeness (QED) is 0.622. The van der Waals surface area contributed by atoms with Crippen LogP contribution in [0.25, 0.3) is 6.08 Å². The van der Waals surface area contributed by atoms with Crippen LogP contribution in [0, 0.1) is 5.82 Å². The average Bonchev–Trinajstić information content (AvgIpc) is 3.04. The number of Topliss-reactive ketones (excluding diaryl/α,β-unsaturated/α-hetero) is 1. The third kappa shape index (κ3) is 4.66. The number of nitrogens with one attached hydrogen (secondary N) is 1. The first-order valence-corrected chi connectivity index (χ1v) is 10.9. The number of aliphatic carboxylic acids is 1. The van der Waals surface area contributed by atoms with Gasteiger partial charge in [0.25, 0.3) is 0 Å². The van der Waals surface area contributed by atoms with E-state index < -0.39 is 40.1 Å². The minimum absolute atomic E-state index is 0.0369. The molecule has 0 spiro atoms. The number of benzene rings is 2. The molecule has 0 fully saturated rings. The van der Waals surface area contributed by atoms with Gasteiger partial charge in [-0.05, 0) is 52.4 Å². The van der Waals surface area contributed by atoms with Gasteiger partial charge >= 0.3 is 5.97 Å². The summed E-state index contributed by atoms with van der Waals surface area (Å²) in [5.74, 6) is -2.02. The maximum absolute atomic E-state index is 13.1. The molecule has 2 aromatic carbocycles. The second kappa shape index (κ2) is 8.49. The molecule has 2 aromatic rings. The van der Waals surface area contributed by atoms with Crippen LogP contribution in [-0.4, -0.2) is 25.3 Å². The predicted octanol–water partition coefficient (Wildman–Crippen LogP) is 3.58. The highest BCUT2D eigenvalue weighted by molar-refractivity contribution is 7.89. The molecule has 0 saturated heterocycles. The van der Waals surface area contributed by atoms with Crippen molar-refractivity contribution in [3.05, 3.63) is 70.5 Å². The monoisotopic (exact) mass is 431 g/mol. The van der Waals surface area contributed by atoms with Gasteiger partial charge in [-0.3, -0.25) is 9.59 Å². The maximum Gasteiger partial charge on any atom is 0.310 e. The third-order valence-corrected chi connectivity index (χ3v) is 6.42. The molecule has 0 amide bonds. The summed E-state index contributed by atoms with van der Waals surface area (Å²) in [5.41, 5.74) is 3.04. The Morgan fingerprint density at radius 3 is 2.40 bits per heavy atom. The Morgan fingerprint density at radius 1 is 1.13 bits per heavy atom. The molecule has 0 radical (unpaired) electrons. The normalized spacial score (nSPS) is 15.4. The molecule has 30 heavy (non-hydrogen) atoms. The van der Waals surface area contributed by atoms with Gasteiger partial charge in [0.2, 0.25) is 10.0 Å². The fourth-order valence-corrected chi connectivity index (χ4v) is 4.75. The van der Waals surface area contributed by atoms with E-state index in [2.05, 4.69) is 4.72 Å². The van der Waals surface area contributed by atoms with Crippen molar-refractivity contribution < 1.29 is 27.5 Å². The Morgan fingerprint density at radius 2 is 1.80 bits per heavy atom. The molecule has 1 aliphatic rings. The molecule has 158 valence electrons. The number of carbonyl (C=O) groups excluding carboxylic acids is 1. The van der Waals surface area contributed by atoms with Gasteiger partial charge in [0.05, 0.1) is 10.9 Å². The predicted molar refractivity (Wildman–Crippen MR) is 110 cm³/mol. The highest BCUT2D eigenvalue weighted by Crippen LogP contribution is 2.36. The standard InChI is InChI=1S/C22H22FNO5S/c1-13(2)17-7-8-19-18(20(17)11-15(25)12-22(26)27)9-10-21(19)24-30(28,29)16-5-3-14(23)4-6-16/h3-10,13,21,24H,11-12H2,1-2H3,(H,26,27). The minimum Gasteiger partial charge on any atom is -0.481 e. The smallest absolute Gasteiger partial charge is 0.310 e. The summed E-state index contributed by atoms with van der Waals surface area (Å²) in [7, 11) is -3.89. The SMILES string of the molecule is CC(C)c1ccc2c(c1CC(=O)CC(=O)O)C=CC2NS(=O)(=O)c1ccc(F)cc1. The van der Waals surface area contributed by atoms with E-state index in [1.165, 1.54) is 12.1 Å². The van der Waals surface area contributed by atoms with E-state index in [0.717, 1.165) is 23.3 Å². The molecule has 1 atom stereocenters.